The Bertz CT molecular complexity index is 881. The summed E-state index contributed by atoms with van der Waals surface area (Å²) in [5.41, 5.74) is 0.455. The van der Waals surface area contributed by atoms with Gasteiger partial charge in [0.2, 0.25) is 0 Å². The summed E-state index contributed by atoms with van der Waals surface area (Å²) in [4.78, 5) is 15.2. The molecule has 0 atom stereocenters. The van der Waals surface area contributed by atoms with Crippen molar-refractivity contribution in [2.45, 2.75) is 31.3 Å². The van der Waals surface area contributed by atoms with Gasteiger partial charge in [-0.15, -0.1) is 0 Å². The molecule has 2 fully saturated rings. The highest BCUT2D eigenvalue weighted by Gasteiger charge is 2.39. The van der Waals surface area contributed by atoms with E-state index in [-0.39, 0.29) is 5.56 Å². The average molecular weight is 405 g/mol. The molecule has 154 valence electrons. The first-order valence-electron chi connectivity index (χ1n) is 9.66. The Morgan fingerprint density at radius 2 is 1.69 bits per heavy atom. The van der Waals surface area contributed by atoms with Crippen LogP contribution in [-0.4, -0.2) is 42.8 Å². The topological polar surface area (TPSA) is 38.8 Å². The molecule has 2 aliphatic heterocycles. The van der Waals surface area contributed by atoms with Crippen LogP contribution >= 0.6 is 0 Å². The molecule has 0 unspecified atom stereocenters. The second-order valence-electron chi connectivity index (χ2n) is 7.45. The van der Waals surface area contributed by atoms with E-state index in [4.69, 9.17) is 9.47 Å². The number of benzene rings is 2. The molecule has 0 radical (unpaired) electrons. The summed E-state index contributed by atoms with van der Waals surface area (Å²) in [7, 11) is 0. The van der Waals surface area contributed by atoms with Gasteiger partial charge in [-0.25, -0.2) is 0 Å². The van der Waals surface area contributed by atoms with Crippen LogP contribution in [0.15, 0.2) is 48.5 Å². The highest BCUT2D eigenvalue weighted by atomic mass is 19.4. The molecule has 2 heterocycles. The van der Waals surface area contributed by atoms with Crippen molar-refractivity contribution in [3.63, 3.8) is 0 Å². The van der Waals surface area contributed by atoms with Gasteiger partial charge in [0, 0.05) is 43.6 Å². The molecule has 0 amide bonds. The predicted molar refractivity (Wildman–Crippen MR) is 100 cm³/mol. The Morgan fingerprint density at radius 3 is 2.38 bits per heavy atom. The molecule has 7 heteroatoms. The van der Waals surface area contributed by atoms with Crippen LogP contribution in [0.5, 0.6) is 0 Å². The Kier molecular flexibility index (Phi) is 5.46. The summed E-state index contributed by atoms with van der Waals surface area (Å²) in [5, 5.41) is 0. The Hall–Kier alpha value is -2.22. The van der Waals surface area contributed by atoms with Crippen LogP contribution in [-0.2, 0) is 22.2 Å². The number of ketones is 1. The van der Waals surface area contributed by atoms with Gasteiger partial charge in [-0.1, -0.05) is 36.4 Å². The molecular formula is C22H22F3NO3. The number of alkyl halides is 3. The summed E-state index contributed by atoms with van der Waals surface area (Å²) in [6, 6.07) is 11.7. The van der Waals surface area contributed by atoms with Crippen LogP contribution < -0.4 is 0 Å². The molecule has 2 aliphatic rings. The summed E-state index contributed by atoms with van der Waals surface area (Å²) in [6.07, 6.45) is -2.96. The van der Waals surface area contributed by atoms with Crippen LogP contribution in [0.1, 0.15) is 39.9 Å². The second-order valence-corrected chi connectivity index (χ2v) is 7.45. The number of carbonyl (C=O) groups is 1. The molecule has 0 aromatic heterocycles. The van der Waals surface area contributed by atoms with Crippen molar-refractivity contribution < 1.29 is 27.4 Å². The molecule has 1 spiro atoms. The van der Waals surface area contributed by atoms with Gasteiger partial charge in [-0.2, -0.15) is 13.2 Å². The number of hydrogen-bond acceptors (Lipinski definition) is 4. The molecule has 0 bridgehead atoms. The fraction of sp³-hybridized carbons (Fsp3) is 0.409. The van der Waals surface area contributed by atoms with Gasteiger partial charge in [0.05, 0.1) is 18.8 Å². The lowest BCUT2D eigenvalue weighted by atomic mass is 9.96. The first-order chi connectivity index (χ1) is 13.9. The summed E-state index contributed by atoms with van der Waals surface area (Å²) in [5.74, 6) is -0.869. The molecule has 2 aromatic rings. The average Bonchev–Trinajstić information content (AvgIpc) is 3.17. The van der Waals surface area contributed by atoms with Crippen LogP contribution in [0, 0.1) is 0 Å². The standard InChI is InChI=1S/C22H22F3NO3/c23-22(24,25)18-6-3-5-16(14-18)20(27)19-7-2-1-4-17(19)15-26-10-8-21(9-11-26)28-12-13-29-21/h1-7,14H,8-13,15H2. The normalized spacial score (nSPS) is 19.6. The largest absolute Gasteiger partial charge is 0.416 e. The van der Waals surface area contributed by atoms with E-state index in [1.165, 1.54) is 12.1 Å². The van der Waals surface area contributed by atoms with Gasteiger partial charge in [0.25, 0.3) is 0 Å². The second kappa shape index (κ2) is 7.89. The van der Waals surface area contributed by atoms with E-state index < -0.39 is 23.3 Å². The lowest BCUT2D eigenvalue weighted by Gasteiger charge is -2.37. The van der Waals surface area contributed by atoms with E-state index in [1.807, 2.05) is 12.1 Å². The highest BCUT2D eigenvalue weighted by Crippen LogP contribution is 2.33. The number of ether oxygens (including phenoxy) is 2. The number of halogens is 3. The third kappa shape index (κ3) is 4.37. The zero-order valence-corrected chi connectivity index (χ0v) is 15.9. The van der Waals surface area contributed by atoms with Crippen molar-refractivity contribution in [2.75, 3.05) is 26.3 Å². The number of carbonyl (C=O) groups excluding carboxylic acids is 1. The SMILES string of the molecule is O=C(c1cccc(C(F)(F)F)c1)c1ccccc1CN1CCC2(CC1)OCCO2. The molecule has 2 saturated heterocycles. The van der Waals surface area contributed by atoms with Crippen molar-refractivity contribution in [1.29, 1.82) is 0 Å². The molecule has 0 saturated carbocycles. The zero-order valence-electron chi connectivity index (χ0n) is 15.9. The third-order valence-electron chi connectivity index (χ3n) is 5.54. The molecular weight excluding hydrogens is 383 g/mol. The van der Waals surface area contributed by atoms with E-state index in [0.717, 1.165) is 43.6 Å². The number of hydrogen-bond donors (Lipinski definition) is 0. The fourth-order valence-electron chi connectivity index (χ4n) is 3.95. The van der Waals surface area contributed by atoms with Crippen molar-refractivity contribution in [1.82, 2.24) is 4.90 Å². The minimum atomic E-state index is -4.48. The first-order valence-corrected chi connectivity index (χ1v) is 9.66. The van der Waals surface area contributed by atoms with Gasteiger partial charge < -0.3 is 9.47 Å². The monoisotopic (exact) mass is 405 g/mol. The van der Waals surface area contributed by atoms with Crippen LogP contribution in [0.25, 0.3) is 0 Å². The van der Waals surface area contributed by atoms with E-state index in [2.05, 4.69) is 4.90 Å². The Balaban J connectivity index is 1.51. The Labute approximate surface area is 167 Å². The molecule has 0 aliphatic carbocycles. The lowest BCUT2D eigenvalue weighted by molar-refractivity contribution is -0.185. The smallest absolute Gasteiger partial charge is 0.347 e. The molecule has 4 nitrogen and oxygen atoms in total. The van der Waals surface area contributed by atoms with Crippen molar-refractivity contribution in [3.8, 4) is 0 Å². The lowest BCUT2D eigenvalue weighted by Crippen LogP contribution is -2.44. The van der Waals surface area contributed by atoms with Gasteiger partial charge in [-0.3, -0.25) is 9.69 Å². The van der Waals surface area contributed by atoms with Crippen molar-refractivity contribution in [2.24, 2.45) is 0 Å². The fourth-order valence-corrected chi connectivity index (χ4v) is 3.95. The first kappa shape index (κ1) is 20.1. The van der Waals surface area contributed by atoms with Gasteiger partial charge >= 0.3 is 6.18 Å². The maximum absolute atomic E-state index is 13.0. The predicted octanol–water partition coefficient (Wildman–Crippen LogP) is 4.28. The summed E-state index contributed by atoms with van der Waals surface area (Å²) < 4.78 is 50.5. The number of likely N-dealkylation sites (tertiary alicyclic amines) is 1. The molecule has 4 rings (SSSR count). The number of nitrogens with zero attached hydrogens (tertiary/aromatic N) is 1. The van der Waals surface area contributed by atoms with E-state index in [0.29, 0.717) is 25.3 Å². The van der Waals surface area contributed by atoms with Crippen molar-refractivity contribution in [3.05, 3.63) is 70.8 Å². The number of piperidine rings is 1. The quantitative estimate of drug-likeness (QED) is 0.712. The highest BCUT2D eigenvalue weighted by molar-refractivity contribution is 6.10. The van der Waals surface area contributed by atoms with Crippen LogP contribution in [0.3, 0.4) is 0 Å². The van der Waals surface area contributed by atoms with E-state index in [9.17, 15) is 18.0 Å². The van der Waals surface area contributed by atoms with Crippen LogP contribution in [0.4, 0.5) is 13.2 Å². The summed E-state index contributed by atoms with van der Waals surface area (Å²) >= 11 is 0. The Morgan fingerprint density at radius 1 is 1.00 bits per heavy atom. The van der Waals surface area contributed by atoms with Crippen molar-refractivity contribution >= 4 is 5.78 Å². The van der Waals surface area contributed by atoms with Gasteiger partial charge in [0.1, 0.15) is 0 Å². The third-order valence-corrected chi connectivity index (χ3v) is 5.54. The number of rotatable bonds is 4. The van der Waals surface area contributed by atoms with E-state index in [1.54, 1.807) is 12.1 Å². The minimum absolute atomic E-state index is 0.0395. The maximum Gasteiger partial charge on any atom is 0.416 e. The zero-order chi connectivity index (χ0) is 20.5. The maximum atomic E-state index is 13.0. The molecule has 29 heavy (non-hydrogen) atoms. The summed E-state index contributed by atoms with van der Waals surface area (Å²) in [6.45, 7) is 3.33. The van der Waals surface area contributed by atoms with E-state index >= 15 is 0 Å². The van der Waals surface area contributed by atoms with Gasteiger partial charge in [-0.05, 0) is 17.7 Å². The molecule has 0 N–H and O–H groups in total. The molecule has 2 aromatic carbocycles. The van der Waals surface area contributed by atoms with Gasteiger partial charge in [0.15, 0.2) is 11.6 Å². The minimum Gasteiger partial charge on any atom is -0.347 e. The van der Waals surface area contributed by atoms with Crippen LogP contribution in [0.2, 0.25) is 0 Å².